The van der Waals surface area contributed by atoms with Gasteiger partial charge in [-0.05, 0) is 32.6 Å². The molecule has 0 aliphatic rings. The van der Waals surface area contributed by atoms with Crippen molar-refractivity contribution < 1.29 is 9.59 Å². The number of nitrogens with two attached hydrogens (primary N) is 1. The Bertz CT molecular complexity index is 340. The molecule has 0 saturated carbocycles. The highest BCUT2D eigenvalue weighted by Crippen LogP contribution is 2.24. The van der Waals surface area contributed by atoms with E-state index >= 15 is 0 Å². The van der Waals surface area contributed by atoms with E-state index in [0.717, 1.165) is 0 Å². The number of hydrogen-bond donors (Lipinski definition) is 2. The molecule has 3 N–H and O–H groups in total. The fraction of sp³-hybridized carbons (Fsp3) is 0.867. The van der Waals surface area contributed by atoms with Crippen LogP contribution in [0.25, 0.3) is 0 Å². The molecule has 0 spiro atoms. The zero-order valence-electron chi connectivity index (χ0n) is 14.0. The van der Waals surface area contributed by atoms with E-state index in [1.807, 2.05) is 20.8 Å². The summed E-state index contributed by atoms with van der Waals surface area (Å²) in [6, 6.07) is 0. The van der Waals surface area contributed by atoms with Crippen molar-refractivity contribution in [1.82, 2.24) is 10.2 Å². The summed E-state index contributed by atoms with van der Waals surface area (Å²) in [6.45, 7) is 12.3. The van der Waals surface area contributed by atoms with Gasteiger partial charge >= 0.3 is 0 Å². The number of nitrogens with one attached hydrogen (secondary N) is 1. The number of amides is 2. The molecule has 0 rings (SSSR count). The Hall–Kier alpha value is -1.10. The van der Waals surface area contributed by atoms with Gasteiger partial charge in [0.25, 0.3) is 0 Å². The summed E-state index contributed by atoms with van der Waals surface area (Å²) < 4.78 is 0. The van der Waals surface area contributed by atoms with Crippen LogP contribution >= 0.6 is 0 Å². The van der Waals surface area contributed by atoms with Crippen LogP contribution in [0.1, 0.15) is 48.0 Å². The summed E-state index contributed by atoms with van der Waals surface area (Å²) in [5, 5.41) is 2.85. The maximum absolute atomic E-state index is 12.3. The van der Waals surface area contributed by atoms with Crippen LogP contribution in [0.3, 0.4) is 0 Å². The van der Waals surface area contributed by atoms with E-state index in [1.54, 1.807) is 7.05 Å². The van der Waals surface area contributed by atoms with E-state index in [9.17, 15) is 9.59 Å². The van der Waals surface area contributed by atoms with Gasteiger partial charge in [-0.1, -0.05) is 20.8 Å². The molecule has 1 atom stereocenters. The molecule has 1 unspecified atom stereocenters. The molecule has 0 aromatic heterocycles. The lowest BCUT2D eigenvalue weighted by molar-refractivity contribution is -0.139. The Morgan fingerprint density at radius 2 is 1.65 bits per heavy atom. The van der Waals surface area contributed by atoms with Crippen molar-refractivity contribution in [1.29, 1.82) is 0 Å². The monoisotopic (exact) mass is 285 g/mol. The van der Waals surface area contributed by atoms with Crippen LogP contribution in [0.4, 0.5) is 0 Å². The molecule has 0 aromatic carbocycles. The Labute approximate surface area is 123 Å². The summed E-state index contributed by atoms with van der Waals surface area (Å²) in [7, 11) is 1.65. The highest BCUT2D eigenvalue weighted by Gasteiger charge is 2.27. The van der Waals surface area contributed by atoms with E-state index in [1.165, 1.54) is 4.90 Å². The maximum atomic E-state index is 12.3. The minimum Gasteiger partial charge on any atom is -0.350 e. The first kappa shape index (κ1) is 18.9. The molecule has 0 radical (unpaired) electrons. The fourth-order valence-corrected chi connectivity index (χ4v) is 2.07. The minimum atomic E-state index is -0.292. The summed E-state index contributed by atoms with van der Waals surface area (Å²) in [4.78, 5) is 25.6. The SMILES string of the molecule is CN(CC(=O)NC(C)(C)C)C(=O)C(CN)CC(C)(C)C. The Morgan fingerprint density at radius 3 is 2.00 bits per heavy atom. The molecule has 5 nitrogen and oxygen atoms in total. The second-order valence-electron chi connectivity index (χ2n) is 7.69. The predicted octanol–water partition coefficient (Wildman–Crippen LogP) is 1.37. The quantitative estimate of drug-likeness (QED) is 0.801. The van der Waals surface area contributed by atoms with Gasteiger partial charge in [-0.2, -0.15) is 0 Å². The number of nitrogens with zero attached hydrogens (tertiary/aromatic N) is 1. The van der Waals surface area contributed by atoms with Crippen molar-refractivity contribution in [2.75, 3.05) is 20.1 Å². The van der Waals surface area contributed by atoms with Crippen molar-refractivity contribution in [3.63, 3.8) is 0 Å². The first-order valence-electron chi connectivity index (χ1n) is 7.12. The molecule has 0 fully saturated rings. The van der Waals surface area contributed by atoms with Gasteiger partial charge in [0, 0.05) is 19.1 Å². The van der Waals surface area contributed by atoms with Crippen LogP contribution in [0, 0.1) is 11.3 Å². The van der Waals surface area contributed by atoms with Crippen LogP contribution in [-0.2, 0) is 9.59 Å². The van der Waals surface area contributed by atoms with Gasteiger partial charge in [-0.15, -0.1) is 0 Å². The molecule has 0 aromatic rings. The average Bonchev–Trinajstić information content (AvgIpc) is 2.20. The van der Waals surface area contributed by atoms with E-state index in [4.69, 9.17) is 5.73 Å². The lowest BCUT2D eigenvalue weighted by atomic mass is 9.84. The average molecular weight is 285 g/mol. The molecule has 0 aliphatic heterocycles. The number of rotatable bonds is 5. The molecule has 5 heteroatoms. The van der Waals surface area contributed by atoms with Gasteiger partial charge in [0.1, 0.15) is 0 Å². The van der Waals surface area contributed by atoms with Gasteiger partial charge in [-0.3, -0.25) is 9.59 Å². The van der Waals surface area contributed by atoms with Gasteiger partial charge in [0.05, 0.1) is 12.5 Å². The zero-order valence-corrected chi connectivity index (χ0v) is 14.0. The van der Waals surface area contributed by atoms with Crippen molar-refractivity contribution in [3.8, 4) is 0 Å². The van der Waals surface area contributed by atoms with Crippen LogP contribution in [0.15, 0.2) is 0 Å². The highest BCUT2D eigenvalue weighted by atomic mass is 16.2. The largest absolute Gasteiger partial charge is 0.350 e. The molecule has 0 saturated heterocycles. The standard InChI is InChI=1S/C15H31N3O2/c1-14(2,3)8-11(9-16)13(20)18(7)10-12(19)17-15(4,5)6/h11H,8-10,16H2,1-7H3,(H,17,19). The minimum absolute atomic E-state index is 0.0359. The molecule has 0 bridgehead atoms. The smallest absolute Gasteiger partial charge is 0.240 e. The maximum Gasteiger partial charge on any atom is 0.240 e. The second kappa shape index (κ2) is 7.07. The third-order valence-corrected chi connectivity index (χ3v) is 2.76. The van der Waals surface area contributed by atoms with Crippen molar-refractivity contribution in [2.45, 2.75) is 53.5 Å². The van der Waals surface area contributed by atoms with Gasteiger partial charge in [-0.25, -0.2) is 0 Å². The molecule has 0 aliphatic carbocycles. The fourth-order valence-electron chi connectivity index (χ4n) is 2.07. The van der Waals surface area contributed by atoms with E-state index < -0.39 is 0 Å². The summed E-state index contributed by atoms with van der Waals surface area (Å²) in [5.41, 5.74) is 5.45. The number of likely N-dealkylation sites (N-methyl/N-ethyl adjacent to an activating group) is 1. The molecule has 2 amide bonds. The Kier molecular flexibility index (Phi) is 6.68. The third kappa shape index (κ3) is 8.15. The van der Waals surface area contributed by atoms with Gasteiger partial charge in [0.15, 0.2) is 0 Å². The third-order valence-electron chi connectivity index (χ3n) is 2.76. The number of hydrogen-bond acceptors (Lipinski definition) is 3. The normalized spacial score (nSPS) is 13.8. The topological polar surface area (TPSA) is 75.4 Å². The first-order chi connectivity index (χ1) is 8.85. The Morgan fingerprint density at radius 1 is 1.15 bits per heavy atom. The van der Waals surface area contributed by atoms with Gasteiger partial charge in [0.2, 0.25) is 11.8 Å². The molecule has 20 heavy (non-hydrogen) atoms. The lowest BCUT2D eigenvalue weighted by Crippen LogP contribution is -2.48. The second-order valence-corrected chi connectivity index (χ2v) is 7.69. The highest BCUT2D eigenvalue weighted by molar-refractivity contribution is 5.86. The predicted molar refractivity (Wildman–Crippen MR) is 82.1 cm³/mol. The van der Waals surface area contributed by atoms with Crippen molar-refractivity contribution in [2.24, 2.45) is 17.1 Å². The molecular weight excluding hydrogens is 254 g/mol. The molecule has 118 valence electrons. The van der Waals surface area contributed by atoms with E-state index in [0.29, 0.717) is 13.0 Å². The first-order valence-corrected chi connectivity index (χ1v) is 7.12. The summed E-state index contributed by atoms with van der Waals surface area (Å²) >= 11 is 0. The summed E-state index contributed by atoms with van der Waals surface area (Å²) in [5.74, 6) is -0.450. The van der Waals surface area contributed by atoms with Crippen molar-refractivity contribution >= 4 is 11.8 Å². The lowest BCUT2D eigenvalue weighted by Gasteiger charge is -2.28. The Balaban J connectivity index is 4.56. The van der Waals surface area contributed by atoms with Crippen LogP contribution in [-0.4, -0.2) is 42.4 Å². The molecule has 0 heterocycles. The number of carbonyl (C=O) groups excluding carboxylic acids is 2. The zero-order chi connectivity index (χ0) is 16.1. The van der Waals surface area contributed by atoms with Crippen molar-refractivity contribution in [3.05, 3.63) is 0 Å². The van der Waals surface area contributed by atoms with Gasteiger partial charge < -0.3 is 16.0 Å². The number of carbonyl (C=O) groups is 2. The summed E-state index contributed by atoms with van der Waals surface area (Å²) in [6.07, 6.45) is 0.716. The molecular formula is C15H31N3O2. The van der Waals surface area contributed by atoms with Crippen LogP contribution in [0.5, 0.6) is 0 Å². The van der Waals surface area contributed by atoms with E-state index in [2.05, 4.69) is 26.1 Å². The van der Waals surface area contributed by atoms with Crippen LogP contribution < -0.4 is 11.1 Å². The van der Waals surface area contributed by atoms with E-state index in [-0.39, 0.29) is 35.2 Å². The van der Waals surface area contributed by atoms with Crippen LogP contribution in [0.2, 0.25) is 0 Å².